The van der Waals surface area contributed by atoms with Crippen molar-refractivity contribution in [1.29, 1.82) is 0 Å². The first-order chi connectivity index (χ1) is 11.2. The van der Waals surface area contributed by atoms with Crippen molar-refractivity contribution in [1.82, 2.24) is 4.90 Å². The van der Waals surface area contributed by atoms with E-state index in [4.69, 9.17) is 0 Å². The van der Waals surface area contributed by atoms with Gasteiger partial charge in [0.15, 0.2) is 0 Å². The standard InChI is InChI=1S/C21H18BrN/c1-23-14-21(23)20-5-3-2-4-19(20)17-8-6-15(7-9-17)16-10-12-18(22)13-11-16/h2-13,21H,14H2,1H3. The molecule has 2 heteroatoms. The number of nitrogens with zero attached hydrogens (tertiary/aromatic N) is 1. The van der Waals surface area contributed by atoms with Gasteiger partial charge in [-0.05, 0) is 47.0 Å². The highest BCUT2D eigenvalue weighted by Crippen LogP contribution is 2.39. The van der Waals surface area contributed by atoms with Crippen molar-refractivity contribution in [3.05, 3.63) is 82.8 Å². The van der Waals surface area contributed by atoms with E-state index in [1.165, 1.54) is 27.8 Å². The molecule has 4 rings (SSSR count). The van der Waals surface area contributed by atoms with E-state index in [0.29, 0.717) is 6.04 Å². The van der Waals surface area contributed by atoms with Gasteiger partial charge in [-0.1, -0.05) is 76.6 Å². The molecule has 0 spiro atoms. The molecule has 2 atom stereocenters. The van der Waals surface area contributed by atoms with E-state index in [1.54, 1.807) is 0 Å². The molecule has 23 heavy (non-hydrogen) atoms. The van der Waals surface area contributed by atoms with Gasteiger partial charge >= 0.3 is 0 Å². The molecule has 1 aliphatic rings. The third-order valence-corrected chi connectivity index (χ3v) is 5.08. The Morgan fingerprint density at radius 1 is 0.783 bits per heavy atom. The predicted molar refractivity (Wildman–Crippen MR) is 100 cm³/mol. The molecule has 0 amide bonds. The number of hydrogen-bond acceptors (Lipinski definition) is 1. The van der Waals surface area contributed by atoms with Gasteiger partial charge in [-0.3, -0.25) is 4.90 Å². The number of likely N-dealkylation sites (N-methyl/N-ethyl adjacent to an activating group) is 1. The van der Waals surface area contributed by atoms with Crippen LogP contribution in [0.4, 0.5) is 0 Å². The lowest BCUT2D eigenvalue weighted by atomic mass is 9.95. The minimum absolute atomic E-state index is 0.581. The minimum Gasteiger partial charge on any atom is -0.296 e. The third-order valence-electron chi connectivity index (χ3n) is 4.55. The van der Waals surface area contributed by atoms with Crippen LogP contribution in [0.2, 0.25) is 0 Å². The molecule has 114 valence electrons. The monoisotopic (exact) mass is 363 g/mol. The molecule has 1 aliphatic heterocycles. The van der Waals surface area contributed by atoms with Crippen molar-refractivity contribution in [2.75, 3.05) is 13.6 Å². The Labute approximate surface area is 145 Å². The first-order valence-electron chi connectivity index (χ1n) is 7.88. The van der Waals surface area contributed by atoms with Gasteiger partial charge in [0, 0.05) is 17.1 Å². The molecule has 1 fully saturated rings. The summed E-state index contributed by atoms with van der Waals surface area (Å²) in [7, 11) is 2.18. The molecule has 0 aromatic heterocycles. The van der Waals surface area contributed by atoms with Crippen LogP contribution in [0, 0.1) is 0 Å². The van der Waals surface area contributed by atoms with Crippen LogP contribution in [0.15, 0.2) is 77.3 Å². The Balaban J connectivity index is 1.68. The number of halogens is 1. The summed E-state index contributed by atoms with van der Waals surface area (Å²) < 4.78 is 1.11. The minimum atomic E-state index is 0.581. The highest BCUT2D eigenvalue weighted by Gasteiger charge is 2.32. The highest BCUT2D eigenvalue weighted by molar-refractivity contribution is 9.10. The molecule has 1 nitrogen and oxygen atoms in total. The van der Waals surface area contributed by atoms with Gasteiger partial charge in [-0.25, -0.2) is 0 Å². The van der Waals surface area contributed by atoms with E-state index >= 15 is 0 Å². The summed E-state index contributed by atoms with van der Waals surface area (Å²) in [6.45, 7) is 1.16. The van der Waals surface area contributed by atoms with Gasteiger partial charge in [-0.2, -0.15) is 0 Å². The molecular weight excluding hydrogens is 346 g/mol. The summed E-state index contributed by atoms with van der Waals surface area (Å²) in [6.07, 6.45) is 0. The van der Waals surface area contributed by atoms with Gasteiger partial charge in [-0.15, -0.1) is 0 Å². The second kappa shape index (κ2) is 5.95. The van der Waals surface area contributed by atoms with Crippen LogP contribution in [0.5, 0.6) is 0 Å². The average Bonchev–Trinajstić information content (AvgIpc) is 3.32. The van der Waals surface area contributed by atoms with Crippen LogP contribution in [0.3, 0.4) is 0 Å². The lowest BCUT2D eigenvalue weighted by Gasteiger charge is -2.10. The molecule has 1 saturated heterocycles. The largest absolute Gasteiger partial charge is 0.296 e. The van der Waals surface area contributed by atoms with Crippen molar-refractivity contribution < 1.29 is 0 Å². The van der Waals surface area contributed by atoms with Crippen LogP contribution in [-0.4, -0.2) is 18.5 Å². The first-order valence-corrected chi connectivity index (χ1v) is 8.67. The van der Waals surface area contributed by atoms with Gasteiger partial charge in [0.05, 0.1) is 0 Å². The van der Waals surface area contributed by atoms with E-state index in [9.17, 15) is 0 Å². The molecule has 0 bridgehead atoms. The van der Waals surface area contributed by atoms with Gasteiger partial charge in [0.25, 0.3) is 0 Å². The zero-order chi connectivity index (χ0) is 15.8. The zero-order valence-corrected chi connectivity index (χ0v) is 14.6. The van der Waals surface area contributed by atoms with E-state index < -0.39 is 0 Å². The third kappa shape index (κ3) is 2.97. The Bertz CT molecular complexity index is 821. The maximum absolute atomic E-state index is 3.49. The second-order valence-corrected chi connectivity index (χ2v) is 7.04. The number of hydrogen-bond donors (Lipinski definition) is 0. The maximum atomic E-state index is 3.49. The molecule has 0 aliphatic carbocycles. The molecule has 0 saturated carbocycles. The fourth-order valence-electron chi connectivity index (χ4n) is 3.10. The lowest BCUT2D eigenvalue weighted by Crippen LogP contribution is -1.92. The summed E-state index contributed by atoms with van der Waals surface area (Å²) >= 11 is 3.49. The Morgan fingerprint density at radius 3 is 1.91 bits per heavy atom. The van der Waals surface area contributed by atoms with E-state index in [2.05, 4.69) is 101 Å². The summed E-state index contributed by atoms with van der Waals surface area (Å²) in [4.78, 5) is 2.37. The molecule has 3 aromatic carbocycles. The van der Waals surface area contributed by atoms with Crippen molar-refractivity contribution >= 4 is 15.9 Å². The zero-order valence-electron chi connectivity index (χ0n) is 13.0. The van der Waals surface area contributed by atoms with Crippen LogP contribution in [0.1, 0.15) is 11.6 Å². The number of benzene rings is 3. The van der Waals surface area contributed by atoms with Crippen molar-refractivity contribution in [2.24, 2.45) is 0 Å². The van der Waals surface area contributed by atoms with Crippen LogP contribution >= 0.6 is 15.9 Å². The lowest BCUT2D eigenvalue weighted by molar-refractivity contribution is 0.632. The molecule has 1 heterocycles. The fourth-order valence-corrected chi connectivity index (χ4v) is 3.36. The molecule has 2 unspecified atom stereocenters. The van der Waals surface area contributed by atoms with Gasteiger partial charge < -0.3 is 0 Å². The topological polar surface area (TPSA) is 3.01 Å². The average molecular weight is 364 g/mol. The summed E-state index contributed by atoms with van der Waals surface area (Å²) in [5.41, 5.74) is 6.58. The van der Waals surface area contributed by atoms with Crippen LogP contribution in [-0.2, 0) is 0 Å². The summed E-state index contributed by atoms with van der Waals surface area (Å²) in [5.74, 6) is 0. The number of rotatable bonds is 3. The van der Waals surface area contributed by atoms with Gasteiger partial charge in [0.1, 0.15) is 0 Å². The summed E-state index contributed by atoms with van der Waals surface area (Å²) in [5, 5.41) is 0. The first kappa shape index (κ1) is 14.7. The highest BCUT2D eigenvalue weighted by atomic mass is 79.9. The van der Waals surface area contributed by atoms with E-state index in [1.807, 2.05) is 0 Å². The quantitative estimate of drug-likeness (QED) is 0.533. The Hall–Kier alpha value is -1.90. The Kier molecular flexibility index (Phi) is 3.80. The molecule has 0 radical (unpaired) electrons. The molecule has 3 aromatic rings. The van der Waals surface area contributed by atoms with Crippen LogP contribution < -0.4 is 0 Å². The maximum Gasteiger partial charge on any atom is 0.0479 e. The van der Waals surface area contributed by atoms with Gasteiger partial charge in [0.2, 0.25) is 0 Å². The van der Waals surface area contributed by atoms with E-state index in [0.717, 1.165) is 11.0 Å². The molecular formula is C21H18BrN. The second-order valence-electron chi connectivity index (χ2n) is 6.13. The predicted octanol–water partition coefficient (Wildman–Crippen LogP) is 5.77. The van der Waals surface area contributed by atoms with Crippen LogP contribution in [0.25, 0.3) is 22.3 Å². The smallest absolute Gasteiger partial charge is 0.0479 e. The normalized spacial score (nSPS) is 19.6. The molecule has 0 N–H and O–H groups in total. The van der Waals surface area contributed by atoms with Crippen molar-refractivity contribution in [2.45, 2.75) is 6.04 Å². The SMILES string of the molecule is CN1CC1c1ccccc1-c1ccc(-c2ccc(Br)cc2)cc1. The van der Waals surface area contributed by atoms with E-state index in [-0.39, 0.29) is 0 Å². The Morgan fingerprint density at radius 2 is 1.30 bits per heavy atom. The van der Waals surface area contributed by atoms with Crippen molar-refractivity contribution in [3.63, 3.8) is 0 Å². The van der Waals surface area contributed by atoms with Crippen molar-refractivity contribution in [3.8, 4) is 22.3 Å². The fraction of sp³-hybridized carbons (Fsp3) is 0.143. The summed E-state index contributed by atoms with van der Waals surface area (Å²) in [6, 6.07) is 26.7.